The quantitative estimate of drug-likeness (QED) is 0.832. The van der Waals surface area contributed by atoms with Gasteiger partial charge in [0.05, 0.1) is 6.10 Å². The van der Waals surface area contributed by atoms with Crippen molar-refractivity contribution in [2.75, 3.05) is 0 Å². The van der Waals surface area contributed by atoms with Crippen LogP contribution in [-0.4, -0.2) is 11.2 Å². The van der Waals surface area contributed by atoms with Gasteiger partial charge >= 0.3 is 0 Å². The van der Waals surface area contributed by atoms with Crippen molar-refractivity contribution in [3.8, 4) is 0 Å². The molecular formula is C8H9BrOS. The molecule has 0 aliphatic heterocycles. The molecule has 1 unspecified atom stereocenters. The number of aliphatic hydroxyl groups is 1. The molecule has 1 nitrogen and oxygen atoms in total. The predicted molar refractivity (Wildman–Crippen MR) is 52.7 cm³/mol. The van der Waals surface area contributed by atoms with E-state index in [-0.39, 0.29) is 6.10 Å². The van der Waals surface area contributed by atoms with Crippen LogP contribution in [0.15, 0.2) is 22.0 Å². The van der Waals surface area contributed by atoms with Crippen LogP contribution in [0.5, 0.6) is 0 Å². The Hall–Kier alpha value is -0.120. The molecule has 60 valence electrons. The van der Waals surface area contributed by atoms with Crippen LogP contribution < -0.4 is 0 Å². The summed E-state index contributed by atoms with van der Waals surface area (Å²) in [4.78, 5) is 1.15. The molecule has 1 rings (SSSR count). The monoisotopic (exact) mass is 232 g/mol. The van der Waals surface area contributed by atoms with Gasteiger partial charge in [0.1, 0.15) is 0 Å². The van der Waals surface area contributed by atoms with Gasteiger partial charge in [-0.2, -0.15) is 0 Å². The minimum absolute atomic E-state index is 0.365. The molecule has 1 aromatic heterocycles. The lowest BCUT2D eigenvalue weighted by Crippen LogP contribution is -1.90. The van der Waals surface area contributed by atoms with Crippen LogP contribution in [0.25, 0.3) is 6.08 Å². The average molecular weight is 233 g/mol. The maximum absolute atomic E-state index is 8.93. The maximum Gasteiger partial charge on any atom is 0.0696 e. The smallest absolute Gasteiger partial charge is 0.0696 e. The fourth-order valence-corrected chi connectivity index (χ4v) is 2.00. The van der Waals surface area contributed by atoms with E-state index < -0.39 is 0 Å². The first kappa shape index (κ1) is 8.97. The van der Waals surface area contributed by atoms with Crippen molar-refractivity contribution >= 4 is 33.3 Å². The van der Waals surface area contributed by atoms with Gasteiger partial charge in [-0.3, -0.25) is 0 Å². The SMILES string of the molecule is CC(O)/C=C/c1cc(Br)cs1. The molecule has 0 aliphatic rings. The third-order valence-electron chi connectivity index (χ3n) is 1.13. The molecular weight excluding hydrogens is 224 g/mol. The standard InChI is InChI=1S/C8H9BrOS/c1-6(10)2-3-8-4-7(9)5-11-8/h2-6,10H,1H3/b3-2+. The van der Waals surface area contributed by atoms with Crippen LogP contribution in [0.1, 0.15) is 11.8 Å². The predicted octanol–water partition coefficient (Wildman–Crippen LogP) is 2.90. The summed E-state index contributed by atoms with van der Waals surface area (Å²) in [7, 11) is 0. The third-order valence-corrected chi connectivity index (χ3v) is 2.79. The van der Waals surface area contributed by atoms with Gasteiger partial charge in [0.25, 0.3) is 0 Å². The number of rotatable bonds is 2. The van der Waals surface area contributed by atoms with Crippen molar-refractivity contribution in [3.63, 3.8) is 0 Å². The van der Waals surface area contributed by atoms with Crippen molar-refractivity contribution in [2.45, 2.75) is 13.0 Å². The molecule has 0 bridgehead atoms. The second kappa shape index (κ2) is 4.04. The lowest BCUT2D eigenvalue weighted by Gasteiger charge is -1.90. The van der Waals surface area contributed by atoms with E-state index in [1.54, 1.807) is 24.3 Å². The molecule has 1 N–H and O–H groups in total. The fourth-order valence-electron chi connectivity index (χ4n) is 0.650. The van der Waals surface area contributed by atoms with E-state index in [0.29, 0.717) is 0 Å². The second-order valence-electron chi connectivity index (χ2n) is 2.27. The first-order valence-corrected chi connectivity index (χ1v) is 4.96. The van der Waals surface area contributed by atoms with Crippen LogP contribution in [0.2, 0.25) is 0 Å². The molecule has 0 amide bonds. The molecule has 0 radical (unpaired) electrons. The summed E-state index contributed by atoms with van der Waals surface area (Å²) in [5.41, 5.74) is 0. The van der Waals surface area contributed by atoms with Gasteiger partial charge < -0.3 is 5.11 Å². The van der Waals surface area contributed by atoms with E-state index in [9.17, 15) is 0 Å². The Bertz CT molecular complexity index is 252. The molecule has 1 atom stereocenters. The summed E-state index contributed by atoms with van der Waals surface area (Å²) in [6.45, 7) is 1.74. The van der Waals surface area contributed by atoms with Crippen LogP contribution in [-0.2, 0) is 0 Å². The number of thiophene rings is 1. The zero-order valence-electron chi connectivity index (χ0n) is 6.12. The largest absolute Gasteiger partial charge is 0.389 e. The number of hydrogen-bond donors (Lipinski definition) is 1. The van der Waals surface area contributed by atoms with Gasteiger partial charge in [0, 0.05) is 14.7 Å². The van der Waals surface area contributed by atoms with Crippen LogP contribution in [0.4, 0.5) is 0 Å². The minimum atomic E-state index is -0.365. The highest BCUT2D eigenvalue weighted by molar-refractivity contribution is 9.10. The maximum atomic E-state index is 8.93. The molecule has 0 saturated heterocycles. The van der Waals surface area contributed by atoms with Crippen LogP contribution in [0.3, 0.4) is 0 Å². The molecule has 0 aromatic carbocycles. The summed E-state index contributed by atoms with van der Waals surface area (Å²) in [6.07, 6.45) is 3.31. The Kier molecular flexibility index (Phi) is 3.30. The zero-order chi connectivity index (χ0) is 8.27. The zero-order valence-corrected chi connectivity index (χ0v) is 8.52. The van der Waals surface area contributed by atoms with E-state index in [2.05, 4.69) is 15.9 Å². The molecule has 1 heterocycles. The highest BCUT2D eigenvalue weighted by Crippen LogP contribution is 2.20. The van der Waals surface area contributed by atoms with Crippen LogP contribution >= 0.6 is 27.3 Å². The van der Waals surface area contributed by atoms with E-state index in [1.165, 1.54) is 0 Å². The first-order chi connectivity index (χ1) is 5.18. The molecule has 0 spiro atoms. The highest BCUT2D eigenvalue weighted by atomic mass is 79.9. The third kappa shape index (κ3) is 3.18. The molecule has 1 aromatic rings. The number of aliphatic hydroxyl groups excluding tert-OH is 1. The van der Waals surface area contributed by atoms with Gasteiger partial charge in [0.15, 0.2) is 0 Å². The highest BCUT2D eigenvalue weighted by Gasteiger charge is 1.92. The van der Waals surface area contributed by atoms with Crippen LogP contribution in [0, 0.1) is 0 Å². The normalized spacial score (nSPS) is 14.1. The Morgan fingerprint density at radius 1 is 1.73 bits per heavy atom. The van der Waals surface area contributed by atoms with E-state index in [0.717, 1.165) is 9.35 Å². The van der Waals surface area contributed by atoms with E-state index in [4.69, 9.17) is 5.11 Å². The Morgan fingerprint density at radius 2 is 2.45 bits per heavy atom. The van der Waals surface area contributed by atoms with Gasteiger partial charge in [-0.05, 0) is 35.0 Å². The Morgan fingerprint density at radius 3 is 2.91 bits per heavy atom. The molecule has 0 saturated carbocycles. The number of hydrogen-bond acceptors (Lipinski definition) is 2. The van der Waals surface area contributed by atoms with Crippen molar-refractivity contribution in [1.82, 2.24) is 0 Å². The van der Waals surface area contributed by atoms with Crippen molar-refractivity contribution in [1.29, 1.82) is 0 Å². The molecule has 3 heteroatoms. The van der Waals surface area contributed by atoms with E-state index >= 15 is 0 Å². The van der Waals surface area contributed by atoms with Gasteiger partial charge in [-0.1, -0.05) is 6.08 Å². The summed E-state index contributed by atoms with van der Waals surface area (Å²) >= 11 is 5.00. The van der Waals surface area contributed by atoms with Crippen molar-refractivity contribution in [2.24, 2.45) is 0 Å². The molecule has 11 heavy (non-hydrogen) atoms. The van der Waals surface area contributed by atoms with Crippen molar-refractivity contribution < 1.29 is 5.11 Å². The Balaban J connectivity index is 2.64. The summed E-state index contributed by atoms with van der Waals surface area (Å²) in [6, 6.07) is 2.02. The topological polar surface area (TPSA) is 20.2 Å². The van der Waals surface area contributed by atoms with Gasteiger partial charge in [-0.25, -0.2) is 0 Å². The van der Waals surface area contributed by atoms with Crippen molar-refractivity contribution in [3.05, 3.63) is 26.9 Å². The molecule has 0 fully saturated rings. The summed E-state index contributed by atoms with van der Waals surface area (Å²) in [5.74, 6) is 0. The van der Waals surface area contributed by atoms with E-state index in [1.807, 2.05) is 17.5 Å². The summed E-state index contributed by atoms with van der Waals surface area (Å²) < 4.78 is 1.09. The lowest BCUT2D eigenvalue weighted by atomic mass is 10.3. The minimum Gasteiger partial charge on any atom is -0.389 e. The molecule has 0 aliphatic carbocycles. The number of halogens is 1. The van der Waals surface area contributed by atoms with Gasteiger partial charge in [-0.15, -0.1) is 11.3 Å². The fraction of sp³-hybridized carbons (Fsp3) is 0.250. The summed E-state index contributed by atoms with van der Waals surface area (Å²) in [5, 5.41) is 10.9. The van der Waals surface area contributed by atoms with Gasteiger partial charge in [0.2, 0.25) is 0 Å². The second-order valence-corrected chi connectivity index (χ2v) is 4.13. The first-order valence-electron chi connectivity index (χ1n) is 3.29. The average Bonchev–Trinajstić information content (AvgIpc) is 2.31. The Labute approximate surface area is 78.5 Å². The lowest BCUT2D eigenvalue weighted by molar-refractivity contribution is 0.245.